The number of benzene rings is 2. The Balaban J connectivity index is 1.70. The fourth-order valence-corrected chi connectivity index (χ4v) is 4.02. The number of carbonyl (C=O) groups excluding carboxylic acids is 1. The molecule has 0 saturated heterocycles. The molecule has 0 saturated carbocycles. The number of anilines is 1. The van der Waals surface area contributed by atoms with Gasteiger partial charge in [0.2, 0.25) is 0 Å². The van der Waals surface area contributed by atoms with Gasteiger partial charge >= 0.3 is 0 Å². The zero-order valence-corrected chi connectivity index (χ0v) is 17.4. The number of nitrogens with zero attached hydrogens (tertiary/aromatic N) is 3. The molecule has 1 aliphatic rings. The van der Waals surface area contributed by atoms with Gasteiger partial charge in [0.15, 0.2) is 23.0 Å². The van der Waals surface area contributed by atoms with E-state index in [0.29, 0.717) is 34.4 Å². The molecule has 2 aromatic heterocycles. The van der Waals surface area contributed by atoms with Crippen LogP contribution in [0.4, 0.5) is 5.82 Å². The highest BCUT2D eigenvalue weighted by molar-refractivity contribution is 6.32. The highest BCUT2D eigenvalue weighted by Gasteiger charge is 2.33. The fourth-order valence-electron chi connectivity index (χ4n) is 3.81. The van der Waals surface area contributed by atoms with Crippen LogP contribution in [0.15, 0.2) is 53.3 Å². The van der Waals surface area contributed by atoms with Crippen molar-refractivity contribution in [2.75, 3.05) is 19.5 Å². The number of rotatable bonds is 5. The molecule has 0 radical (unpaired) electrons. The largest absolute Gasteiger partial charge is 0.493 e. The van der Waals surface area contributed by atoms with Crippen LogP contribution >= 0.6 is 11.6 Å². The van der Waals surface area contributed by atoms with E-state index in [4.69, 9.17) is 25.6 Å². The molecule has 9 heteroatoms. The van der Waals surface area contributed by atoms with Crippen molar-refractivity contribution in [1.82, 2.24) is 14.9 Å². The zero-order chi connectivity index (χ0) is 21.5. The minimum atomic E-state index is -0.386. The van der Waals surface area contributed by atoms with Crippen LogP contribution in [0.1, 0.15) is 21.6 Å². The molecule has 31 heavy (non-hydrogen) atoms. The van der Waals surface area contributed by atoms with Gasteiger partial charge in [-0.1, -0.05) is 28.9 Å². The maximum absolute atomic E-state index is 13.0. The predicted molar refractivity (Wildman–Crippen MR) is 114 cm³/mol. The lowest BCUT2D eigenvalue weighted by Crippen LogP contribution is -2.15. The Bertz CT molecular complexity index is 1300. The Morgan fingerprint density at radius 3 is 2.65 bits per heavy atom. The first-order chi connectivity index (χ1) is 15.1. The SMILES string of the molecule is COc1cc2c(cc1OC)-c1c(c(C(=O)Nc3ccon3)nn1-c1ccccc1Cl)C2. The van der Waals surface area contributed by atoms with Crippen molar-refractivity contribution in [3.8, 4) is 28.4 Å². The minimum Gasteiger partial charge on any atom is -0.493 e. The van der Waals surface area contributed by atoms with E-state index < -0.39 is 0 Å². The molecule has 0 fully saturated rings. The summed E-state index contributed by atoms with van der Waals surface area (Å²) in [5, 5.41) is 11.6. The Morgan fingerprint density at radius 1 is 1.16 bits per heavy atom. The number of methoxy groups -OCH3 is 2. The summed E-state index contributed by atoms with van der Waals surface area (Å²) in [6.45, 7) is 0. The second-order valence-electron chi connectivity index (χ2n) is 6.92. The quantitative estimate of drug-likeness (QED) is 0.440. The van der Waals surface area contributed by atoms with Crippen molar-refractivity contribution < 1.29 is 18.8 Å². The van der Waals surface area contributed by atoms with E-state index in [2.05, 4.69) is 15.6 Å². The molecular formula is C22H17ClN4O4. The van der Waals surface area contributed by atoms with E-state index in [1.54, 1.807) is 31.0 Å². The topological polar surface area (TPSA) is 91.4 Å². The molecule has 4 aromatic rings. The number of carbonyl (C=O) groups is 1. The third kappa shape index (κ3) is 3.12. The molecule has 0 bridgehead atoms. The lowest BCUT2D eigenvalue weighted by atomic mass is 10.1. The molecule has 0 atom stereocenters. The van der Waals surface area contributed by atoms with Gasteiger partial charge in [0, 0.05) is 23.6 Å². The summed E-state index contributed by atoms with van der Waals surface area (Å²) in [4.78, 5) is 13.0. The maximum atomic E-state index is 13.0. The minimum absolute atomic E-state index is 0.284. The molecule has 0 aliphatic heterocycles. The lowest BCUT2D eigenvalue weighted by Gasteiger charge is -2.13. The smallest absolute Gasteiger partial charge is 0.277 e. The molecule has 156 valence electrons. The van der Waals surface area contributed by atoms with E-state index in [9.17, 15) is 4.79 Å². The molecule has 1 aliphatic carbocycles. The van der Waals surface area contributed by atoms with Crippen LogP contribution in [0.3, 0.4) is 0 Å². The van der Waals surface area contributed by atoms with E-state index in [1.807, 2.05) is 30.3 Å². The fraction of sp³-hybridized carbons (Fsp3) is 0.136. The molecular weight excluding hydrogens is 420 g/mol. The molecule has 1 amide bonds. The van der Waals surface area contributed by atoms with Crippen LogP contribution < -0.4 is 14.8 Å². The molecule has 0 spiro atoms. The maximum Gasteiger partial charge on any atom is 0.277 e. The molecule has 0 unspecified atom stereocenters. The molecule has 8 nitrogen and oxygen atoms in total. The van der Waals surface area contributed by atoms with Gasteiger partial charge in [0.1, 0.15) is 6.26 Å². The molecule has 5 rings (SSSR count). The Hall–Kier alpha value is -3.78. The number of hydrogen-bond acceptors (Lipinski definition) is 6. The van der Waals surface area contributed by atoms with Crippen LogP contribution in [0.5, 0.6) is 11.5 Å². The number of hydrogen-bond donors (Lipinski definition) is 1. The van der Waals surface area contributed by atoms with Gasteiger partial charge in [-0.25, -0.2) is 4.68 Å². The van der Waals surface area contributed by atoms with E-state index in [-0.39, 0.29) is 11.6 Å². The van der Waals surface area contributed by atoms with Crippen LogP contribution in [-0.2, 0) is 6.42 Å². The van der Waals surface area contributed by atoms with E-state index >= 15 is 0 Å². The number of amides is 1. The van der Waals surface area contributed by atoms with Crippen molar-refractivity contribution in [2.45, 2.75) is 6.42 Å². The van der Waals surface area contributed by atoms with Crippen LogP contribution in [0.2, 0.25) is 5.02 Å². The van der Waals surface area contributed by atoms with Gasteiger partial charge in [0.25, 0.3) is 5.91 Å². The van der Waals surface area contributed by atoms with Gasteiger partial charge in [-0.05, 0) is 29.8 Å². The highest BCUT2D eigenvalue weighted by atomic mass is 35.5. The zero-order valence-electron chi connectivity index (χ0n) is 16.7. The summed E-state index contributed by atoms with van der Waals surface area (Å²) < 4.78 is 17.4. The first kappa shape index (κ1) is 19.2. The third-order valence-corrected chi connectivity index (χ3v) is 5.51. The summed E-state index contributed by atoms with van der Waals surface area (Å²) >= 11 is 6.47. The number of fused-ring (bicyclic) bond motifs is 3. The van der Waals surface area contributed by atoms with Gasteiger partial charge in [-0.2, -0.15) is 5.10 Å². The predicted octanol–water partition coefficient (Wildman–Crippen LogP) is 4.35. The average molecular weight is 437 g/mol. The second kappa shape index (κ2) is 7.48. The van der Waals surface area contributed by atoms with E-state index in [0.717, 1.165) is 22.4 Å². The van der Waals surface area contributed by atoms with Crippen molar-refractivity contribution in [1.29, 1.82) is 0 Å². The lowest BCUT2D eigenvalue weighted by molar-refractivity contribution is 0.102. The van der Waals surface area contributed by atoms with Gasteiger partial charge in [0.05, 0.1) is 30.6 Å². The number of halogens is 1. The number of nitrogens with one attached hydrogen (secondary N) is 1. The van der Waals surface area contributed by atoms with Gasteiger partial charge in [-0.15, -0.1) is 0 Å². The second-order valence-corrected chi connectivity index (χ2v) is 7.33. The summed E-state index contributed by atoms with van der Waals surface area (Å²) in [6, 6.07) is 12.7. The summed E-state index contributed by atoms with van der Waals surface area (Å²) in [5.41, 5.74) is 4.43. The van der Waals surface area contributed by atoms with Crippen molar-refractivity contribution in [3.05, 3.63) is 70.6 Å². The van der Waals surface area contributed by atoms with Crippen LogP contribution in [0, 0.1) is 0 Å². The highest BCUT2D eigenvalue weighted by Crippen LogP contribution is 2.45. The average Bonchev–Trinajstić information content (AvgIpc) is 3.49. The molecule has 1 N–H and O–H groups in total. The summed E-state index contributed by atoms with van der Waals surface area (Å²) in [6.07, 6.45) is 1.90. The Kier molecular flexibility index (Phi) is 4.63. The van der Waals surface area contributed by atoms with E-state index in [1.165, 1.54) is 6.26 Å². The standard InChI is InChI=1S/C22H17ClN4O4/c1-29-17-10-12-9-14-20(22(28)24-19-7-8-31-26-19)25-27(16-6-4-3-5-15(16)23)21(14)13(12)11-18(17)30-2/h3-8,10-11H,9H2,1-2H3,(H,24,26,28). The summed E-state index contributed by atoms with van der Waals surface area (Å²) in [7, 11) is 3.18. The Morgan fingerprint density at radius 2 is 1.94 bits per heavy atom. The van der Waals surface area contributed by atoms with Gasteiger partial charge < -0.3 is 19.3 Å². The number of aromatic nitrogens is 3. The number of ether oxygens (including phenoxy) is 2. The van der Waals surface area contributed by atoms with Crippen LogP contribution in [-0.4, -0.2) is 35.1 Å². The normalized spacial score (nSPS) is 11.7. The number of para-hydroxylation sites is 1. The third-order valence-electron chi connectivity index (χ3n) is 5.19. The monoisotopic (exact) mass is 436 g/mol. The van der Waals surface area contributed by atoms with Crippen molar-refractivity contribution in [2.24, 2.45) is 0 Å². The van der Waals surface area contributed by atoms with Gasteiger partial charge in [-0.3, -0.25) is 4.79 Å². The first-order valence-corrected chi connectivity index (χ1v) is 9.82. The Labute approximate surface area is 182 Å². The molecule has 2 heterocycles. The van der Waals surface area contributed by atoms with Crippen LogP contribution in [0.25, 0.3) is 16.9 Å². The first-order valence-electron chi connectivity index (χ1n) is 9.44. The summed E-state index contributed by atoms with van der Waals surface area (Å²) in [5.74, 6) is 1.14. The van der Waals surface area contributed by atoms with Crippen molar-refractivity contribution >= 4 is 23.3 Å². The molecule has 2 aromatic carbocycles. The van der Waals surface area contributed by atoms with Crippen molar-refractivity contribution in [3.63, 3.8) is 0 Å².